The number of aryl methyl sites for hydroxylation is 1. The number of nitrogens with two attached hydrogens (primary N) is 1. The Morgan fingerprint density at radius 3 is 2.61 bits per heavy atom. The zero-order valence-electron chi connectivity index (χ0n) is 10.9. The van der Waals surface area contributed by atoms with Crippen molar-refractivity contribution in [2.45, 2.75) is 32.9 Å². The lowest BCUT2D eigenvalue weighted by Gasteiger charge is -2.18. The molecular weight excluding hydrogens is 244 g/mol. The molecule has 3 nitrogen and oxygen atoms in total. The zero-order valence-corrected chi connectivity index (χ0v) is 11.7. The van der Waals surface area contributed by atoms with Gasteiger partial charge in [0.1, 0.15) is 5.75 Å². The number of hydrogen-bond acceptors (Lipinski definition) is 4. The molecule has 0 aliphatic heterocycles. The number of rotatable bonds is 4. The van der Waals surface area contributed by atoms with Gasteiger partial charge in [0.15, 0.2) is 0 Å². The molecule has 0 aliphatic carbocycles. The van der Waals surface area contributed by atoms with Gasteiger partial charge in [-0.25, -0.2) is 4.98 Å². The molecule has 1 aromatic carbocycles. The number of nitrogens with zero attached hydrogens (tertiary/aromatic N) is 1. The molecule has 1 aromatic heterocycles. The fourth-order valence-corrected chi connectivity index (χ4v) is 2.67. The first-order chi connectivity index (χ1) is 8.59. The highest BCUT2D eigenvalue weighted by molar-refractivity contribution is 7.09. The Balaban J connectivity index is 2.36. The van der Waals surface area contributed by atoms with Crippen molar-refractivity contribution in [3.63, 3.8) is 0 Å². The minimum atomic E-state index is -0.174. The van der Waals surface area contributed by atoms with Gasteiger partial charge in [-0.2, -0.15) is 0 Å². The van der Waals surface area contributed by atoms with E-state index in [1.54, 1.807) is 11.3 Å². The molecule has 0 spiro atoms. The van der Waals surface area contributed by atoms with E-state index in [1.165, 1.54) is 0 Å². The Bertz CT molecular complexity index is 522. The Morgan fingerprint density at radius 1 is 1.28 bits per heavy atom. The molecular formula is C14H18N2OS. The zero-order chi connectivity index (χ0) is 13.1. The molecule has 1 unspecified atom stereocenters. The molecule has 4 heteroatoms. The van der Waals surface area contributed by atoms with Gasteiger partial charge in [-0.1, -0.05) is 18.2 Å². The summed E-state index contributed by atoms with van der Waals surface area (Å²) in [5.74, 6) is 0.854. The summed E-state index contributed by atoms with van der Waals surface area (Å²) in [7, 11) is 0. The highest BCUT2D eigenvalue weighted by atomic mass is 32.1. The summed E-state index contributed by atoms with van der Waals surface area (Å²) in [5.41, 5.74) is 10.2. The average Bonchev–Trinajstić information content (AvgIpc) is 2.74. The highest BCUT2D eigenvalue weighted by Gasteiger charge is 2.18. The lowest BCUT2D eigenvalue weighted by atomic mass is 10.0. The van der Waals surface area contributed by atoms with E-state index >= 15 is 0 Å². The SMILES string of the molecule is Cc1ncsc1C(N)c1ccccc1OC(C)C. The minimum Gasteiger partial charge on any atom is -0.491 e. The lowest BCUT2D eigenvalue weighted by molar-refractivity contribution is 0.239. The minimum absolute atomic E-state index is 0.140. The van der Waals surface area contributed by atoms with E-state index in [0.717, 1.165) is 21.9 Å². The van der Waals surface area contributed by atoms with Crippen LogP contribution in [0.2, 0.25) is 0 Å². The van der Waals surface area contributed by atoms with E-state index in [4.69, 9.17) is 10.5 Å². The van der Waals surface area contributed by atoms with Gasteiger partial charge in [-0.3, -0.25) is 0 Å². The van der Waals surface area contributed by atoms with Crippen LogP contribution in [-0.4, -0.2) is 11.1 Å². The molecule has 0 saturated carbocycles. The molecule has 1 atom stereocenters. The number of benzene rings is 1. The predicted octanol–water partition coefficient (Wildman–Crippen LogP) is 3.29. The Labute approximate surface area is 112 Å². The van der Waals surface area contributed by atoms with E-state index in [-0.39, 0.29) is 12.1 Å². The van der Waals surface area contributed by atoms with E-state index in [2.05, 4.69) is 4.98 Å². The first-order valence-corrected chi connectivity index (χ1v) is 6.88. The maximum Gasteiger partial charge on any atom is 0.124 e. The molecule has 0 radical (unpaired) electrons. The summed E-state index contributed by atoms with van der Waals surface area (Å²) in [5, 5.41) is 0. The number of thiazole rings is 1. The Kier molecular flexibility index (Phi) is 3.99. The maximum absolute atomic E-state index is 6.33. The van der Waals surface area contributed by atoms with Crippen molar-refractivity contribution in [1.82, 2.24) is 4.98 Å². The van der Waals surface area contributed by atoms with Gasteiger partial charge in [0, 0.05) is 10.4 Å². The highest BCUT2D eigenvalue weighted by Crippen LogP contribution is 2.32. The number of ether oxygens (including phenoxy) is 1. The third-order valence-corrected chi connectivity index (χ3v) is 3.70. The molecule has 0 aliphatic rings. The molecule has 0 saturated heterocycles. The summed E-state index contributed by atoms with van der Waals surface area (Å²) < 4.78 is 5.81. The van der Waals surface area contributed by atoms with Crippen LogP contribution in [0.15, 0.2) is 29.8 Å². The van der Waals surface area contributed by atoms with Crippen LogP contribution >= 0.6 is 11.3 Å². The summed E-state index contributed by atoms with van der Waals surface area (Å²) in [6.45, 7) is 6.01. The normalized spacial score (nSPS) is 12.7. The second-order valence-corrected chi connectivity index (χ2v) is 5.37. The fraction of sp³-hybridized carbons (Fsp3) is 0.357. The van der Waals surface area contributed by atoms with Gasteiger partial charge >= 0.3 is 0 Å². The summed E-state index contributed by atoms with van der Waals surface area (Å²) in [6, 6.07) is 7.76. The van der Waals surface area contributed by atoms with E-state index in [9.17, 15) is 0 Å². The van der Waals surface area contributed by atoms with Gasteiger partial charge < -0.3 is 10.5 Å². The van der Waals surface area contributed by atoms with Gasteiger partial charge in [-0.05, 0) is 26.8 Å². The van der Waals surface area contributed by atoms with Crippen LogP contribution in [-0.2, 0) is 0 Å². The second-order valence-electron chi connectivity index (χ2n) is 4.48. The van der Waals surface area contributed by atoms with Crippen molar-refractivity contribution in [1.29, 1.82) is 0 Å². The molecule has 0 fully saturated rings. The molecule has 2 rings (SSSR count). The third kappa shape index (κ3) is 2.71. The maximum atomic E-state index is 6.33. The summed E-state index contributed by atoms with van der Waals surface area (Å²) >= 11 is 1.59. The van der Waals surface area contributed by atoms with Crippen molar-refractivity contribution in [3.05, 3.63) is 45.9 Å². The molecule has 0 bridgehead atoms. The smallest absolute Gasteiger partial charge is 0.124 e. The lowest BCUT2D eigenvalue weighted by Crippen LogP contribution is -2.15. The van der Waals surface area contributed by atoms with Crippen molar-refractivity contribution in [3.8, 4) is 5.75 Å². The van der Waals surface area contributed by atoms with Crippen LogP contribution in [0, 0.1) is 6.92 Å². The van der Waals surface area contributed by atoms with Gasteiger partial charge in [0.05, 0.1) is 23.4 Å². The van der Waals surface area contributed by atoms with Crippen molar-refractivity contribution >= 4 is 11.3 Å². The molecule has 18 heavy (non-hydrogen) atoms. The fourth-order valence-electron chi connectivity index (χ4n) is 1.85. The third-order valence-electron chi connectivity index (χ3n) is 2.68. The summed E-state index contributed by atoms with van der Waals surface area (Å²) in [6.07, 6.45) is 0.140. The quantitative estimate of drug-likeness (QED) is 0.919. The Hall–Kier alpha value is -1.39. The van der Waals surface area contributed by atoms with Crippen LogP contribution in [0.3, 0.4) is 0 Å². The van der Waals surface area contributed by atoms with Crippen LogP contribution in [0.5, 0.6) is 5.75 Å². The van der Waals surface area contributed by atoms with E-state index in [1.807, 2.05) is 50.5 Å². The topological polar surface area (TPSA) is 48.1 Å². The monoisotopic (exact) mass is 262 g/mol. The molecule has 2 aromatic rings. The van der Waals surface area contributed by atoms with Gasteiger partial charge in [0.25, 0.3) is 0 Å². The van der Waals surface area contributed by atoms with Crippen molar-refractivity contribution < 1.29 is 4.74 Å². The largest absolute Gasteiger partial charge is 0.491 e. The number of hydrogen-bond donors (Lipinski definition) is 1. The number of para-hydroxylation sites is 1. The van der Waals surface area contributed by atoms with E-state index in [0.29, 0.717) is 0 Å². The summed E-state index contributed by atoms with van der Waals surface area (Å²) in [4.78, 5) is 5.34. The van der Waals surface area contributed by atoms with Crippen LogP contribution in [0.25, 0.3) is 0 Å². The van der Waals surface area contributed by atoms with Crippen LogP contribution in [0.4, 0.5) is 0 Å². The predicted molar refractivity (Wildman–Crippen MR) is 75.1 cm³/mol. The average molecular weight is 262 g/mol. The van der Waals surface area contributed by atoms with Crippen LogP contribution < -0.4 is 10.5 Å². The standard InChI is InChI=1S/C14H18N2OS/c1-9(2)17-12-7-5-4-6-11(12)13(15)14-10(3)16-8-18-14/h4-9,13H,15H2,1-3H3. The molecule has 2 N–H and O–H groups in total. The number of aromatic nitrogens is 1. The van der Waals surface area contributed by atoms with Gasteiger partial charge in [0.2, 0.25) is 0 Å². The molecule has 1 heterocycles. The van der Waals surface area contributed by atoms with E-state index < -0.39 is 0 Å². The molecule has 0 amide bonds. The van der Waals surface area contributed by atoms with Crippen LogP contribution in [0.1, 0.15) is 36.0 Å². The Morgan fingerprint density at radius 2 is 2.00 bits per heavy atom. The second kappa shape index (κ2) is 5.50. The van der Waals surface area contributed by atoms with Gasteiger partial charge in [-0.15, -0.1) is 11.3 Å². The van der Waals surface area contributed by atoms with Crippen molar-refractivity contribution in [2.24, 2.45) is 5.73 Å². The first kappa shape index (κ1) is 13.1. The molecule has 96 valence electrons. The first-order valence-electron chi connectivity index (χ1n) is 6.00. The van der Waals surface area contributed by atoms with Crippen molar-refractivity contribution in [2.75, 3.05) is 0 Å².